The second kappa shape index (κ2) is 12.4. The smallest absolute Gasteiger partial charge is 0.191 e. The van der Waals surface area contributed by atoms with Crippen LogP contribution in [0.5, 0.6) is 11.5 Å². The molecule has 1 atom stereocenters. The summed E-state index contributed by atoms with van der Waals surface area (Å²) in [6, 6.07) is 5.83. The van der Waals surface area contributed by atoms with E-state index in [1.165, 1.54) is 0 Å². The van der Waals surface area contributed by atoms with Gasteiger partial charge in [-0.2, -0.15) is 0 Å². The molecule has 0 saturated carbocycles. The van der Waals surface area contributed by atoms with Gasteiger partial charge in [0.05, 0.1) is 26.9 Å². The number of rotatable bonds is 11. The van der Waals surface area contributed by atoms with Crippen molar-refractivity contribution in [3.8, 4) is 11.5 Å². The lowest BCUT2D eigenvalue weighted by molar-refractivity contribution is 0.0258. The number of ether oxygens (including phenoxy) is 3. The van der Waals surface area contributed by atoms with Crippen molar-refractivity contribution in [3.05, 3.63) is 23.8 Å². The standard InChI is InChI=1S/C20H35N3O3/c1-7-21-20(22-13-12-17(15(3)4)26-8-2)23-14-16-10-9-11-18(24-5)19(16)25-6/h9-11,15,17H,7-8,12-14H2,1-6H3,(H2,21,22,23). The van der Waals surface area contributed by atoms with Gasteiger partial charge in [-0.05, 0) is 32.3 Å². The molecule has 26 heavy (non-hydrogen) atoms. The first kappa shape index (κ1) is 22.1. The number of para-hydroxylation sites is 1. The highest BCUT2D eigenvalue weighted by Gasteiger charge is 2.13. The van der Waals surface area contributed by atoms with Crippen LogP contribution in [-0.2, 0) is 11.3 Å². The van der Waals surface area contributed by atoms with Gasteiger partial charge in [0.1, 0.15) is 0 Å². The fourth-order valence-electron chi connectivity index (χ4n) is 2.74. The lowest BCUT2D eigenvalue weighted by Crippen LogP contribution is -2.39. The van der Waals surface area contributed by atoms with Gasteiger partial charge in [-0.3, -0.25) is 0 Å². The van der Waals surface area contributed by atoms with Crippen LogP contribution < -0.4 is 20.1 Å². The number of aliphatic imine (C=N–C) groups is 1. The summed E-state index contributed by atoms with van der Waals surface area (Å²) < 4.78 is 16.6. The molecule has 1 aromatic rings. The predicted molar refractivity (Wildman–Crippen MR) is 107 cm³/mol. The van der Waals surface area contributed by atoms with Crippen molar-refractivity contribution in [1.29, 1.82) is 0 Å². The van der Waals surface area contributed by atoms with Crippen molar-refractivity contribution in [2.45, 2.75) is 46.8 Å². The van der Waals surface area contributed by atoms with Gasteiger partial charge in [-0.1, -0.05) is 26.0 Å². The second-order valence-corrected chi connectivity index (χ2v) is 6.30. The third-order valence-electron chi connectivity index (χ3n) is 4.08. The van der Waals surface area contributed by atoms with Gasteiger partial charge in [0.25, 0.3) is 0 Å². The van der Waals surface area contributed by atoms with Crippen molar-refractivity contribution in [2.24, 2.45) is 10.9 Å². The lowest BCUT2D eigenvalue weighted by Gasteiger charge is -2.21. The van der Waals surface area contributed by atoms with Crippen LogP contribution in [0.3, 0.4) is 0 Å². The average molecular weight is 366 g/mol. The molecule has 1 aromatic carbocycles. The third kappa shape index (κ3) is 7.12. The van der Waals surface area contributed by atoms with E-state index in [9.17, 15) is 0 Å². The first-order valence-corrected chi connectivity index (χ1v) is 9.40. The number of methoxy groups -OCH3 is 2. The predicted octanol–water partition coefficient (Wildman–Crippen LogP) is 3.21. The van der Waals surface area contributed by atoms with Crippen LogP contribution in [0, 0.1) is 5.92 Å². The monoisotopic (exact) mass is 365 g/mol. The number of guanidine groups is 1. The number of hydrogen-bond donors (Lipinski definition) is 2. The number of nitrogens with one attached hydrogen (secondary N) is 2. The van der Waals surface area contributed by atoms with Gasteiger partial charge < -0.3 is 24.8 Å². The van der Waals surface area contributed by atoms with Crippen LogP contribution >= 0.6 is 0 Å². The topological polar surface area (TPSA) is 64.1 Å². The molecule has 0 aromatic heterocycles. The number of benzene rings is 1. The van der Waals surface area contributed by atoms with E-state index >= 15 is 0 Å². The Bertz CT molecular complexity index is 547. The zero-order chi connectivity index (χ0) is 19.4. The molecule has 0 radical (unpaired) electrons. The molecule has 0 bridgehead atoms. The zero-order valence-electron chi connectivity index (χ0n) is 17.1. The molecule has 0 aliphatic carbocycles. The largest absolute Gasteiger partial charge is 0.493 e. The highest BCUT2D eigenvalue weighted by molar-refractivity contribution is 5.79. The molecule has 1 unspecified atom stereocenters. The SMILES string of the molecule is CCNC(=NCc1cccc(OC)c1OC)NCCC(OCC)C(C)C. The molecule has 0 aliphatic rings. The zero-order valence-corrected chi connectivity index (χ0v) is 17.1. The van der Waals surface area contributed by atoms with E-state index in [0.29, 0.717) is 12.5 Å². The normalized spacial score (nSPS) is 12.8. The molecule has 1 rings (SSSR count). The molecule has 2 N–H and O–H groups in total. The summed E-state index contributed by atoms with van der Waals surface area (Å²) in [5.41, 5.74) is 0.985. The Balaban J connectivity index is 2.72. The quantitative estimate of drug-likeness (QED) is 0.466. The molecule has 148 valence electrons. The number of hydrogen-bond acceptors (Lipinski definition) is 4. The summed E-state index contributed by atoms with van der Waals surface area (Å²) in [5.74, 6) is 2.73. The molecule has 0 saturated heterocycles. The van der Waals surface area contributed by atoms with Crippen molar-refractivity contribution in [3.63, 3.8) is 0 Å². The highest BCUT2D eigenvalue weighted by atomic mass is 16.5. The van der Waals surface area contributed by atoms with Crippen molar-refractivity contribution >= 4 is 5.96 Å². The maximum absolute atomic E-state index is 5.80. The summed E-state index contributed by atoms with van der Waals surface area (Å²) in [6.45, 7) is 11.3. The molecule has 0 amide bonds. The van der Waals surface area contributed by atoms with Crippen LogP contribution in [0.15, 0.2) is 23.2 Å². The molecule has 0 spiro atoms. The highest BCUT2D eigenvalue weighted by Crippen LogP contribution is 2.31. The van der Waals surface area contributed by atoms with Gasteiger partial charge in [0.15, 0.2) is 17.5 Å². The maximum atomic E-state index is 5.80. The molecular weight excluding hydrogens is 330 g/mol. The summed E-state index contributed by atoms with van der Waals surface area (Å²) >= 11 is 0. The van der Waals surface area contributed by atoms with Gasteiger partial charge in [-0.25, -0.2) is 4.99 Å². The van der Waals surface area contributed by atoms with Crippen molar-refractivity contribution in [1.82, 2.24) is 10.6 Å². The van der Waals surface area contributed by atoms with Crippen LogP contribution in [0.25, 0.3) is 0 Å². The van der Waals surface area contributed by atoms with Gasteiger partial charge in [0, 0.05) is 25.3 Å². The number of nitrogens with zero attached hydrogens (tertiary/aromatic N) is 1. The third-order valence-corrected chi connectivity index (χ3v) is 4.08. The molecule has 0 heterocycles. The first-order valence-electron chi connectivity index (χ1n) is 9.40. The Kier molecular flexibility index (Phi) is 10.5. The van der Waals surface area contributed by atoms with Crippen LogP contribution in [-0.4, -0.2) is 46.0 Å². The summed E-state index contributed by atoms with van der Waals surface area (Å²) in [5, 5.41) is 6.67. The Hall–Kier alpha value is -1.95. The van der Waals surface area contributed by atoms with Crippen LogP contribution in [0.1, 0.15) is 39.7 Å². The van der Waals surface area contributed by atoms with E-state index < -0.39 is 0 Å². The van der Waals surface area contributed by atoms with E-state index in [-0.39, 0.29) is 6.10 Å². The maximum Gasteiger partial charge on any atom is 0.191 e. The van der Waals surface area contributed by atoms with E-state index in [1.54, 1.807) is 14.2 Å². The van der Waals surface area contributed by atoms with E-state index in [2.05, 4.69) is 36.4 Å². The molecule has 0 aliphatic heterocycles. The summed E-state index contributed by atoms with van der Waals surface area (Å²) in [4.78, 5) is 4.67. The minimum absolute atomic E-state index is 0.258. The fraction of sp³-hybridized carbons (Fsp3) is 0.650. The van der Waals surface area contributed by atoms with Crippen LogP contribution in [0.2, 0.25) is 0 Å². The van der Waals surface area contributed by atoms with Crippen LogP contribution in [0.4, 0.5) is 0 Å². The Morgan fingerprint density at radius 2 is 1.88 bits per heavy atom. The van der Waals surface area contributed by atoms with Gasteiger partial charge in [-0.15, -0.1) is 0 Å². The summed E-state index contributed by atoms with van der Waals surface area (Å²) in [6.07, 6.45) is 1.20. The Labute approximate surface area is 158 Å². The van der Waals surface area contributed by atoms with E-state index in [0.717, 1.165) is 49.1 Å². The Morgan fingerprint density at radius 3 is 2.46 bits per heavy atom. The second-order valence-electron chi connectivity index (χ2n) is 6.30. The van der Waals surface area contributed by atoms with Gasteiger partial charge >= 0.3 is 0 Å². The molecule has 6 nitrogen and oxygen atoms in total. The minimum Gasteiger partial charge on any atom is -0.493 e. The average Bonchev–Trinajstić information content (AvgIpc) is 2.64. The molecule has 0 fully saturated rings. The molecule has 6 heteroatoms. The first-order chi connectivity index (χ1) is 12.6. The van der Waals surface area contributed by atoms with Crippen molar-refractivity contribution in [2.75, 3.05) is 33.9 Å². The Morgan fingerprint density at radius 1 is 1.12 bits per heavy atom. The summed E-state index contributed by atoms with van der Waals surface area (Å²) in [7, 11) is 3.29. The van der Waals surface area contributed by atoms with E-state index in [4.69, 9.17) is 14.2 Å². The van der Waals surface area contributed by atoms with Crippen molar-refractivity contribution < 1.29 is 14.2 Å². The van der Waals surface area contributed by atoms with E-state index in [1.807, 2.05) is 25.1 Å². The minimum atomic E-state index is 0.258. The fourth-order valence-corrected chi connectivity index (χ4v) is 2.74. The lowest BCUT2D eigenvalue weighted by atomic mass is 10.0. The molecular formula is C20H35N3O3. The van der Waals surface area contributed by atoms with Gasteiger partial charge in [0.2, 0.25) is 0 Å².